The molecule has 0 fully saturated rings. The van der Waals surface area contributed by atoms with E-state index in [0.29, 0.717) is 25.7 Å². The van der Waals surface area contributed by atoms with E-state index < -0.39 is 0 Å². The molecule has 0 spiro atoms. The number of aromatic nitrogens is 1. The van der Waals surface area contributed by atoms with E-state index in [9.17, 15) is 4.79 Å². The van der Waals surface area contributed by atoms with Crippen LogP contribution in [0.5, 0.6) is 0 Å². The first kappa shape index (κ1) is 15.6. The first-order valence-corrected chi connectivity index (χ1v) is 7.44. The average molecular weight is 289 g/mol. The van der Waals surface area contributed by atoms with Crippen molar-refractivity contribution in [3.05, 3.63) is 36.0 Å². The van der Waals surface area contributed by atoms with Crippen molar-refractivity contribution in [2.75, 3.05) is 19.8 Å². The fourth-order valence-corrected chi connectivity index (χ4v) is 2.26. The largest absolute Gasteiger partial charge is 0.462 e. The summed E-state index contributed by atoms with van der Waals surface area (Å²) in [5, 5.41) is 1.16. The summed E-state index contributed by atoms with van der Waals surface area (Å²) in [6.07, 6.45) is 1.93. The third kappa shape index (κ3) is 4.08. The summed E-state index contributed by atoms with van der Waals surface area (Å²) >= 11 is 0. The predicted octanol–water partition coefficient (Wildman–Crippen LogP) is 3.34. The number of benzene rings is 1. The molecule has 0 amide bonds. The molecule has 0 saturated heterocycles. The highest BCUT2D eigenvalue weighted by Gasteiger charge is 2.08. The summed E-state index contributed by atoms with van der Waals surface area (Å²) in [5.74, 6) is 0.265. The topological polar surface area (TPSA) is 40.5 Å². The number of carbonyl (C=O) groups excluding carboxylic acids is 1. The van der Waals surface area contributed by atoms with Crippen LogP contribution in [0.1, 0.15) is 32.3 Å². The maximum atomic E-state index is 11.8. The van der Waals surface area contributed by atoms with Gasteiger partial charge in [0.15, 0.2) is 0 Å². The van der Waals surface area contributed by atoms with Gasteiger partial charge in [-0.3, -0.25) is 4.79 Å². The quantitative estimate of drug-likeness (QED) is 0.580. The third-order valence-electron chi connectivity index (χ3n) is 3.46. The number of ether oxygens (including phenoxy) is 2. The molecule has 1 heterocycles. The standard InChI is InChI=1S/C17H23NO3/c1-4-20-9-10-21-17(19)12-18-8-7-15-11-14(13(2)3)5-6-16(15)18/h5-8,11,13H,4,9-10,12H2,1-3H3. The van der Waals surface area contributed by atoms with Gasteiger partial charge in [0.25, 0.3) is 0 Å². The van der Waals surface area contributed by atoms with Gasteiger partial charge >= 0.3 is 5.97 Å². The molecule has 2 aromatic rings. The second-order valence-corrected chi connectivity index (χ2v) is 5.33. The molecule has 0 unspecified atom stereocenters. The van der Waals surface area contributed by atoms with Crippen LogP contribution in [-0.4, -0.2) is 30.4 Å². The summed E-state index contributed by atoms with van der Waals surface area (Å²) in [7, 11) is 0. The molecule has 0 aliphatic rings. The minimum atomic E-state index is -0.236. The molecule has 2 rings (SSSR count). The van der Waals surface area contributed by atoms with Crippen molar-refractivity contribution in [1.29, 1.82) is 0 Å². The molecule has 1 aromatic heterocycles. The van der Waals surface area contributed by atoms with E-state index in [1.54, 1.807) is 0 Å². The first-order valence-electron chi connectivity index (χ1n) is 7.44. The zero-order valence-electron chi connectivity index (χ0n) is 13.0. The highest BCUT2D eigenvalue weighted by molar-refractivity contribution is 5.82. The smallest absolute Gasteiger partial charge is 0.326 e. The van der Waals surface area contributed by atoms with Crippen molar-refractivity contribution in [2.24, 2.45) is 0 Å². The molecule has 0 bridgehead atoms. The second kappa shape index (κ2) is 7.27. The summed E-state index contributed by atoms with van der Waals surface area (Å²) in [6, 6.07) is 8.40. The van der Waals surface area contributed by atoms with E-state index in [0.717, 1.165) is 10.9 Å². The Kier molecular flexibility index (Phi) is 5.39. The third-order valence-corrected chi connectivity index (χ3v) is 3.46. The van der Waals surface area contributed by atoms with E-state index in [1.807, 2.05) is 23.8 Å². The Morgan fingerprint density at radius 3 is 2.76 bits per heavy atom. The minimum absolute atomic E-state index is 0.233. The maximum absolute atomic E-state index is 11.8. The second-order valence-electron chi connectivity index (χ2n) is 5.33. The van der Waals surface area contributed by atoms with Crippen LogP contribution in [0.25, 0.3) is 10.9 Å². The molecule has 0 aliphatic carbocycles. The van der Waals surface area contributed by atoms with Crippen molar-refractivity contribution in [2.45, 2.75) is 33.2 Å². The van der Waals surface area contributed by atoms with Gasteiger partial charge in [0, 0.05) is 18.3 Å². The molecule has 21 heavy (non-hydrogen) atoms. The highest BCUT2D eigenvalue weighted by Crippen LogP contribution is 2.22. The van der Waals surface area contributed by atoms with E-state index in [2.05, 4.69) is 32.0 Å². The monoisotopic (exact) mass is 289 g/mol. The minimum Gasteiger partial charge on any atom is -0.462 e. The molecule has 0 saturated carbocycles. The normalized spacial score (nSPS) is 11.2. The number of fused-ring (bicyclic) bond motifs is 1. The van der Waals surface area contributed by atoms with Crippen LogP contribution >= 0.6 is 0 Å². The van der Waals surface area contributed by atoms with Gasteiger partial charge < -0.3 is 14.0 Å². The Labute approximate surface area is 125 Å². The summed E-state index contributed by atoms with van der Waals surface area (Å²) < 4.78 is 12.2. The Morgan fingerprint density at radius 1 is 1.24 bits per heavy atom. The first-order chi connectivity index (χ1) is 10.1. The Hall–Kier alpha value is -1.81. The van der Waals surface area contributed by atoms with E-state index in [4.69, 9.17) is 9.47 Å². The predicted molar refractivity (Wildman–Crippen MR) is 83.5 cm³/mol. The Balaban J connectivity index is 2.00. The van der Waals surface area contributed by atoms with Crippen LogP contribution in [0.2, 0.25) is 0 Å². The van der Waals surface area contributed by atoms with Gasteiger partial charge in [-0.1, -0.05) is 19.9 Å². The molecular weight excluding hydrogens is 266 g/mol. The summed E-state index contributed by atoms with van der Waals surface area (Å²) in [4.78, 5) is 11.8. The van der Waals surface area contributed by atoms with Crippen LogP contribution in [0.4, 0.5) is 0 Å². The number of nitrogens with zero attached hydrogens (tertiary/aromatic N) is 1. The van der Waals surface area contributed by atoms with Gasteiger partial charge in [0.1, 0.15) is 13.2 Å². The van der Waals surface area contributed by atoms with E-state index in [1.165, 1.54) is 5.56 Å². The average Bonchev–Trinajstić information content (AvgIpc) is 2.86. The SMILES string of the molecule is CCOCCOC(=O)Cn1ccc2cc(C(C)C)ccc21. The number of hydrogen-bond donors (Lipinski definition) is 0. The lowest BCUT2D eigenvalue weighted by Crippen LogP contribution is -2.15. The van der Waals surface area contributed by atoms with Crippen LogP contribution in [0.3, 0.4) is 0 Å². The van der Waals surface area contributed by atoms with E-state index >= 15 is 0 Å². The van der Waals surface area contributed by atoms with Gasteiger partial charge in [0.2, 0.25) is 0 Å². The van der Waals surface area contributed by atoms with Crippen molar-refractivity contribution < 1.29 is 14.3 Å². The number of esters is 1. The zero-order valence-corrected chi connectivity index (χ0v) is 13.0. The van der Waals surface area contributed by atoms with Gasteiger partial charge in [-0.15, -0.1) is 0 Å². The Morgan fingerprint density at radius 2 is 2.05 bits per heavy atom. The summed E-state index contributed by atoms with van der Waals surface area (Å²) in [5.41, 5.74) is 2.36. The van der Waals surface area contributed by atoms with Gasteiger partial charge in [0.05, 0.1) is 6.61 Å². The fourth-order valence-electron chi connectivity index (χ4n) is 2.26. The molecule has 0 N–H and O–H groups in total. The van der Waals surface area contributed by atoms with Crippen molar-refractivity contribution in [1.82, 2.24) is 4.57 Å². The summed E-state index contributed by atoms with van der Waals surface area (Å²) in [6.45, 7) is 7.89. The zero-order chi connectivity index (χ0) is 15.2. The van der Waals surface area contributed by atoms with Crippen LogP contribution in [0.15, 0.2) is 30.5 Å². The van der Waals surface area contributed by atoms with Gasteiger partial charge in [-0.05, 0) is 42.0 Å². The van der Waals surface area contributed by atoms with Gasteiger partial charge in [-0.2, -0.15) is 0 Å². The fraction of sp³-hybridized carbons (Fsp3) is 0.471. The highest BCUT2D eigenvalue weighted by atomic mass is 16.6. The van der Waals surface area contributed by atoms with Crippen LogP contribution < -0.4 is 0 Å². The molecule has 114 valence electrons. The van der Waals surface area contributed by atoms with Crippen LogP contribution in [0, 0.1) is 0 Å². The van der Waals surface area contributed by atoms with Crippen LogP contribution in [-0.2, 0) is 20.8 Å². The maximum Gasteiger partial charge on any atom is 0.326 e. The van der Waals surface area contributed by atoms with Gasteiger partial charge in [-0.25, -0.2) is 0 Å². The number of hydrogen-bond acceptors (Lipinski definition) is 3. The molecule has 4 heteroatoms. The molecular formula is C17H23NO3. The molecule has 0 atom stereocenters. The lowest BCUT2D eigenvalue weighted by molar-refractivity contribution is -0.145. The lowest BCUT2D eigenvalue weighted by atomic mass is 10.0. The molecule has 4 nitrogen and oxygen atoms in total. The molecule has 0 aliphatic heterocycles. The molecule has 1 aromatic carbocycles. The van der Waals surface area contributed by atoms with E-state index in [-0.39, 0.29) is 12.5 Å². The number of rotatable bonds is 7. The van der Waals surface area contributed by atoms with Crippen molar-refractivity contribution in [3.63, 3.8) is 0 Å². The van der Waals surface area contributed by atoms with Crippen molar-refractivity contribution >= 4 is 16.9 Å². The molecule has 0 radical (unpaired) electrons. The number of carbonyl (C=O) groups is 1. The van der Waals surface area contributed by atoms with Crippen molar-refractivity contribution in [3.8, 4) is 0 Å². The Bertz CT molecular complexity index is 601. The lowest BCUT2D eigenvalue weighted by Gasteiger charge is -2.08.